The number of rotatable bonds is 9. The molecule has 0 unspecified atom stereocenters. The van der Waals surface area contributed by atoms with Crippen LogP contribution in [0.15, 0.2) is 83.8 Å². The second kappa shape index (κ2) is 12.3. The number of piperazine rings is 1. The van der Waals surface area contributed by atoms with E-state index in [4.69, 9.17) is 16.3 Å². The van der Waals surface area contributed by atoms with Crippen LogP contribution in [-0.2, 0) is 22.2 Å². The Hall–Kier alpha value is -4.26. The first-order valence-corrected chi connectivity index (χ1v) is 15.1. The Kier molecular flexibility index (Phi) is 8.57. The number of nitro benzene ring substituents is 1. The largest absolute Gasteiger partial charge is 0.497 e. The summed E-state index contributed by atoms with van der Waals surface area (Å²) in [5.41, 5.74) is 2.69. The molecule has 218 valence electrons. The lowest BCUT2D eigenvalue weighted by Gasteiger charge is -2.36. The highest BCUT2D eigenvalue weighted by Crippen LogP contribution is 2.25. The van der Waals surface area contributed by atoms with Gasteiger partial charge in [-0.25, -0.2) is 8.42 Å². The number of sulfonamides is 1. The van der Waals surface area contributed by atoms with E-state index in [9.17, 15) is 23.3 Å². The molecule has 1 saturated heterocycles. The van der Waals surface area contributed by atoms with Gasteiger partial charge in [0.25, 0.3) is 11.2 Å². The number of anilines is 1. The summed E-state index contributed by atoms with van der Waals surface area (Å²) in [7, 11) is -2.08. The van der Waals surface area contributed by atoms with Crippen molar-refractivity contribution in [2.45, 2.75) is 12.2 Å². The second-order valence-corrected chi connectivity index (χ2v) is 12.2. The minimum atomic E-state index is -3.66. The highest BCUT2D eigenvalue weighted by Gasteiger charge is 2.29. The first kappa shape index (κ1) is 29.2. The Morgan fingerprint density at radius 2 is 1.64 bits per heavy atom. The Labute approximate surface area is 247 Å². The summed E-state index contributed by atoms with van der Waals surface area (Å²) in [4.78, 5) is 26.2. The van der Waals surface area contributed by atoms with Crippen LogP contribution in [0.5, 0.6) is 5.75 Å². The molecule has 1 aliphatic heterocycles. The summed E-state index contributed by atoms with van der Waals surface area (Å²) in [5.74, 6) is 0.446. The van der Waals surface area contributed by atoms with Crippen LogP contribution in [0.25, 0.3) is 5.69 Å². The number of aromatic nitrogens is 2. The van der Waals surface area contributed by atoms with E-state index in [1.54, 1.807) is 37.6 Å². The number of nitrogens with zero attached hydrogens (tertiary/aromatic N) is 5. The molecule has 0 amide bonds. The SMILES string of the molecule is COc1ccc(Cc2c(N3CCN(S(=O)(=O)Cc4ccc([N+](=O)[O-])cc4)CC3)cnn(-c3cccc(Cl)c3)c2=O)cc1. The maximum Gasteiger partial charge on any atom is 0.277 e. The van der Waals surface area contributed by atoms with Crippen molar-refractivity contribution in [1.82, 2.24) is 14.1 Å². The van der Waals surface area contributed by atoms with Crippen LogP contribution in [-0.4, -0.2) is 60.7 Å². The third-order valence-corrected chi connectivity index (χ3v) is 9.20. The molecule has 42 heavy (non-hydrogen) atoms. The number of benzene rings is 3. The van der Waals surface area contributed by atoms with Crippen molar-refractivity contribution in [1.29, 1.82) is 0 Å². The van der Waals surface area contributed by atoms with Gasteiger partial charge >= 0.3 is 0 Å². The highest BCUT2D eigenvalue weighted by atomic mass is 35.5. The number of halogens is 1. The summed E-state index contributed by atoms with van der Waals surface area (Å²) < 4.78 is 34.3. The van der Waals surface area contributed by atoms with Crippen molar-refractivity contribution in [2.24, 2.45) is 0 Å². The molecule has 0 saturated carbocycles. The van der Waals surface area contributed by atoms with Crippen molar-refractivity contribution in [3.05, 3.63) is 121 Å². The molecule has 0 radical (unpaired) electrons. The van der Waals surface area contributed by atoms with E-state index < -0.39 is 14.9 Å². The number of ether oxygens (including phenoxy) is 1. The molecule has 13 heteroatoms. The molecule has 0 atom stereocenters. The molecule has 2 heterocycles. The van der Waals surface area contributed by atoms with Gasteiger partial charge in [0.05, 0.1) is 35.4 Å². The Morgan fingerprint density at radius 1 is 0.976 bits per heavy atom. The lowest BCUT2D eigenvalue weighted by molar-refractivity contribution is -0.384. The lowest BCUT2D eigenvalue weighted by atomic mass is 10.0. The molecule has 4 aromatic rings. The summed E-state index contributed by atoms with van der Waals surface area (Å²) >= 11 is 6.18. The van der Waals surface area contributed by atoms with Crippen LogP contribution in [0.3, 0.4) is 0 Å². The first-order chi connectivity index (χ1) is 20.1. The van der Waals surface area contributed by atoms with E-state index in [1.807, 2.05) is 29.2 Å². The number of hydrogen-bond acceptors (Lipinski definition) is 8. The van der Waals surface area contributed by atoms with Crippen LogP contribution in [0.1, 0.15) is 16.7 Å². The minimum Gasteiger partial charge on any atom is -0.497 e. The van der Waals surface area contributed by atoms with Crippen LogP contribution in [0.2, 0.25) is 5.02 Å². The molecule has 1 aromatic heterocycles. The zero-order chi connectivity index (χ0) is 29.9. The fraction of sp³-hybridized carbons (Fsp3) is 0.241. The van der Waals surface area contributed by atoms with Gasteiger partial charge in [-0.15, -0.1) is 0 Å². The van der Waals surface area contributed by atoms with Gasteiger partial charge in [0.15, 0.2) is 0 Å². The summed E-state index contributed by atoms with van der Waals surface area (Å²) in [5, 5.41) is 15.8. The Balaban J connectivity index is 1.39. The predicted molar refractivity (Wildman–Crippen MR) is 160 cm³/mol. The van der Waals surface area contributed by atoms with Crippen molar-refractivity contribution in [3.8, 4) is 11.4 Å². The van der Waals surface area contributed by atoms with E-state index in [2.05, 4.69) is 5.10 Å². The average Bonchev–Trinajstić information content (AvgIpc) is 2.98. The lowest BCUT2D eigenvalue weighted by Crippen LogP contribution is -2.49. The van der Waals surface area contributed by atoms with Gasteiger partial charge in [0.2, 0.25) is 10.0 Å². The average molecular weight is 610 g/mol. The molecule has 11 nitrogen and oxygen atoms in total. The molecule has 3 aromatic carbocycles. The summed E-state index contributed by atoms with van der Waals surface area (Å²) in [6.45, 7) is 1.15. The van der Waals surface area contributed by atoms with Crippen molar-refractivity contribution in [2.75, 3.05) is 38.2 Å². The van der Waals surface area contributed by atoms with Gasteiger partial charge in [0.1, 0.15) is 5.75 Å². The topological polar surface area (TPSA) is 128 Å². The van der Waals surface area contributed by atoms with E-state index >= 15 is 0 Å². The van der Waals surface area contributed by atoms with Crippen LogP contribution < -0.4 is 15.2 Å². The second-order valence-electron chi connectivity index (χ2n) is 9.80. The van der Waals surface area contributed by atoms with Crippen molar-refractivity contribution in [3.63, 3.8) is 0 Å². The van der Waals surface area contributed by atoms with Gasteiger partial charge < -0.3 is 9.64 Å². The molecule has 0 N–H and O–H groups in total. The molecule has 0 aliphatic carbocycles. The molecular weight excluding hydrogens is 582 g/mol. The van der Waals surface area contributed by atoms with E-state index in [-0.39, 0.29) is 30.1 Å². The quantitative estimate of drug-likeness (QED) is 0.205. The van der Waals surface area contributed by atoms with Crippen LogP contribution in [0.4, 0.5) is 11.4 Å². The zero-order valence-electron chi connectivity index (χ0n) is 22.7. The van der Waals surface area contributed by atoms with Gasteiger partial charge in [-0.1, -0.05) is 41.9 Å². The maximum atomic E-state index is 13.8. The number of non-ortho nitro benzene ring substituents is 1. The van der Waals surface area contributed by atoms with Gasteiger partial charge in [-0.05, 0) is 41.5 Å². The Bertz CT molecular complexity index is 1750. The van der Waals surface area contributed by atoms with E-state index in [0.717, 1.165) is 5.56 Å². The molecular formula is C29H28ClN5O6S. The van der Waals surface area contributed by atoms with Gasteiger partial charge in [-0.3, -0.25) is 14.9 Å². The minimum absolute atomic E-state index is 0.0962. The van der Waals surface area contributed by atoms with Gasteiger partial charge in [0, 0.05) is 55.3 Å². The highest BCUT2D eigenvalue weighted by molar-refractivity contribution is 7.88. The third-order valence-electron chi connectivity index (χ3n) is 7.12. The molecule has 0 bridgehead atoms. The fourth-order valence-electron chi connectivity index (χ4n) is 4.88. The third kappa shape index (κ3) is 6.46. The maximum absolute atomic E-state index is 13.8. The summed E-state index contributed by atoms with van der Waals surface area (Å²) in [6.07, 6.45) is 1.97. The molecule has 1 aliphatic rings. The predicted octanol–water partition coefficient (Wildman–Crippen LogP) is 4.05. The van der Waals surface area contributed by atoms with Crippen LogP contribution in [0, 0.1) is 10.1 Å². The van der Waals surface area contributed by atoms with Crippen molar-refractivity contribution < 1.29 is 18.1 Å². The monoisotopic (exact) mass is 609 g/mol. The number of nitro groups is 1. The number of hydrogen-bond donors (Lipinski definition) is 0. The smallest absolute Gasteiger partial charge is 0.277 e. The van der Waals surface area contributed by atoms with E-state index in [0.29, 0.717) is 52.8 Å². The normalized spacial score (nSPS) is 14.1. The molecule has 0 spiro atoms. The Morgan fingerprint density at radius 3 is 2.26 bits per heavy atom. The standard InChI is InChI=1S/C29H28ClN5O6S/c1-41-26-11-7-21(8-12-26)17-27-28(19-31-34(29(27)36)25-4-2-3-23(30)18-25)32-13-15-33(16-14-32)42(39,40)20-22-5-9-24(10-6-22)35(37)38/h2-12,18-19H,13-17,20H2,1H3. The zero-order valence-corrected chi connectivity index (χ0v) is 24.3. The first-order valence-electron chi connectivity index (χ1n) is 13.1. The van der Waals surface area contributed by atoms with E-state index in [1.165, 1.54) is 33.3 Å². The fourth-order valence-corrected chi connectivity index (χ4v) is 6.58. The van der Waals surface area contributed by atoms with Gasteiger partial charge in [-0.2, -0.15) is 14.1 Å². The van der Waals surface area contributed by atoms with Crippen LogP contribution >= 0.6 is 11.6 Å². The van der Waals surface area contributed by atoms with Crippen molar-refractivity contribution >= 4 is 33.0 Å². The summed E-state index contributed by atoms with van der Waals surface area (Å²) in [6, 6.07) is 19.9. The number of methoxy groups -OCH3 is 1. The molecule has 5 rings (SSSR count). The molecule has 1 fully saturated rings.